The molecule has 1 fully saturated rings. The van der Waals surface area contributed by atoms with E-state index in [1.54, 1.807) is 0 Å². The molecule has 3 nitrogen and oxygen atoms in total. The molecule has 0 atom stereocenters. The summed E-state index contributed by atoms with van der Waals surface area (Å²) in [4.78, 5) is 10.6. The van der Waals surface area contributed by atoms with Crippen LogP contribution in [0.2, 0.25) is 0 Å². The normalized spacial score (nSPS) is 18.4. The van der Waals surface area contributed by atoms with E-state index in [2.05, 4.69) is 5.10 Å². The molecule has 0 aromatic carbocycles. The van der Waals surface area contributed by atoms with Gasteiger partial charge in [-0.15, -0.1) is 0 Å². The summed E-state index contributed by atoms with van der Waals surface area (Å²) in [6.45, 7) is 2.02. The minimum Gasteiger partial charge on any atom is -0.296 e. The molecule has 1 heterocycles. The molecule has 0 amide bonds. The monoisotopic (exact) mass is 192 g/mol. The molecule has 1 aliphatic rings. The van der Waals surface area contributed by atoms with Gasteiger partial charge in [0, 0.05) is 5.69 Å². The molecule has 3 heteroatoms. The van der Waals surface area contributed by atoms with Gasteiger partial charge in [-0.3, -0.25) is 9.48 Å². The predicted octanol–water partition coefficient (Wildman–Crippen LogP) is 2.51. The molecular formula is C11H16N2O. The van der Waals surface area contributed by atoms with E-state index in [1.807, 2.05) is 17.7 Å². The van der Waals surface area contributed by atoms with E-state index in [0.29, 0.717) is 11.7 Å². The number of carbonyl (C=O) groups excluding carboxylic acids is 1. The second-order valence-corrected chi connectivity index (χ2v) is 4.06. The summed E-state index contributed by atoms with van der Waals surface area (Å²) in [5.41, 5.74) is 1.67. The van der Waals surface area contributed by atoms with Gasteiger partial charge in [0.25, 0.3) is 0 Å². The quantitative estimate of drug-likeness (QED) is 0.675. The minimum atomic E-state index is 0.525. The van der Waals surface area contributed by atoms with Gasteiger partial charge >= 0.3 is 0 Å². The smallest absolute Gasteiger partial charge is 0.170 e. The molecule has 0 bridgehead atoms. The molecule has 2 rings (SSSR count). The average Bonchev–Trinajstić information content (AvgIpc) is 2.61. The molecule has 0 aliphatic heterocycles. The molecule has 76 valence electrons. The number of aromatic nitrogens is 2. The largest absolute Gasteiger partial charge is 0.296 e. The van der Waals surface area contributed by atoms with Gasteiger partial charge in [-0.25, -0.2) is 0 Å². The Kier molecular flexibility index (Phi) is 2.66. The summed E-state index contributed by atoms with van der Waals surface area (Å²) in [6, 6.07) is 2.39. The van der Waals surface area contributed by atoms with Crippen LogP contribution in [0.3, 0.4) is 0 Å². The molecule has 0 saturated heterocycles. The van der Waals surface area contributed by atoms with Crippen LogP contribution in [0, 0.1) is 6.92 Å². The number of carbonyl (C=O) groups is 1. The van der Waals surface area contributed by atoms with Crippen molar-refractivity contribution in [1.29, 1.82) is 0 Å². The zero-order valence-electron chi connectivity index (χ0n) is 8.57. The van der Waals surface area contributed by atoms with Gasteiger partial charge in [0.15, 0.2) is 6.29 Å². The number of aryl methyl sites for hydroxylation is 1. The van der Waals surface area contributed by atoms with Crippen LogP contribution in [0.1, 0.15) is 54.3 Å². The van der Waals surface area contributed by atoms with Gasteiger partial charge in [-0.05, 0) is 25.8 Å². The molecule has 0 spiro atoms. The lowest BCUT2D eigenvalue weighted by Crippen LogP contribution is -2.15. The summed E-state index contributed by atoms with van der Waals surface area (Å²) >= 11 is 0. The van der Waals surface area contributed by atoms with E-state index in [-0.39, 0.29) is 0 Å². The minimum absolute atomic E-state index is 0.525. The van der Waals surface area contributed by atoms with Gasteiger partial charge in [-0.1, -0.05) is 19.3 Å². The Labute approximate surface area is 84.1 Å². The van der Waals surface area contributed by atoms with Crippen molar-refractivity contribution >= 4 is 6.29 Å². The Bertz CT molecular complexity index is 324. The SMILES string of the molecule is Cc1cc(C=O)nn1C1CCCCC1. The second-order valence-electron chi connectivity index (χ2n) is 4.06. The van der Waals surface area contributed by atoms with E-state index in [0.717, 1.165) is 12.0 Å². The van der Waals surface area contributed by atoms with Crippen molar-refractivity contribution in [2.45, 2.75) is 45.1 Å². The zero-order valence-corrected chi connectivity index (χ0v) is 8.57. The fourth-order valence-electron chi connectivity index (χ4n) is 2.27. The van der Waals surface area contributed by atoms with Crippen molar-refractivity contribution in [2.75, 3.05) is 0 Å². The maximum absolute atomic E-state index is 10.6. The Morgan fingerprint density at radius 3 is 2.71 bits per heavy atom. The molecule has 1 saturated carbocycles. The van der Waals surface area contributed by atoms with Crippen LogP contribution in [0.25, 0.3) is 0 Å². The van der Waals surface area contributed by atoms with Gasteiger partial charge in [0.05, 0.1) is 6.04 Å². The van der Waals surface area contributed by atoms with Crippen LogP contribution in [-0.4, -0.2) is 16.1 Å². The first-order chi connectivity index (χ1) is 6.81. The van der Waals surface area contributed by atoms with E-state index < -0.39 is 0 Å². The highest BCUT2D eigenvalue weighted by molar-refractivity contribution is 5.71. The van der Waals surface area contributed by atoms with Crippen molar-refractivity contribution in [3.05, 3.63) is 17.5 Å². The third-order valence-electron chi connectivity index (χ3n) is 2.98. The van der Waals surface area contributed by atoms with Crippen molar-refractivity contribution in [3.8, 4) is 0 Å². The molecule has 0 radical (unpaired) electrons. The Balaban J connectivity index is 2.20. The fraction of sp³-hybridized carbons (Fsp3) is 0.636. The summed E-state index contributed by atoms with van der Waals surface area (Å²) in [6.07, 6.45) is 7.17. The van der Waals surface area contributed by atoms with Crippen LogP contribution in [-0.2, 0) is 0 Å². The highest BCUT2D eigenvalue weighted by Crippen LogP contribution is 2.28. The molecule has 1 aromatic heterocycles. The Morgan fingerprint density at radius 1 is 1.43 bits per heavy atom. The topological polar surface area (TPSA) is 34.9 Å². The number of rotatable bonds is 2. The third kappa shape index (κ3) is 1.72. The van der Waals surface area contributed by atoms with E-state index >= 15 is 0 Å². The summed E-state index contributed by atoms with van der Waals surface area (Å²) < 4.78 is 2.03. The van der Waals surface area contributed by atoms with Crippen LogP contribution in [0.4, 0.5) is 0 Å². The molecule has 14 heavy (non-hydrogen) atoms. The van der Waals surface area contributed by atoms with Crippen molar-refractivity contribution in [1.82, 2.24) is 9.78 Å². The van der Waals surface area contributed by atoms with Gasteiger partial charge in [0.2, 0.25) is 0 Å². The van der Waals surface area contributed by atoms with E-state index in [4.69, 9.17) is 0 Å². The summed E-state index contributed by atoms with van der Waals surface area (Å²) in [7, 11) is 0. The fourth-order valence-corrected chi connectivity index (χ4v) is 2.27. The Morgan fingerprint density at radius 2 is 2.14 bits per heavy atom. The summed E-state index contributed by atoms with van der Waals surface area (Å²) in [5, 5.41) is 4.30. The van der Waals surface area contributed by atoms with Crippen LogP contribution < -0.4 is 0 Å². The molecule has 1 aliphatic carbocycles. The highest BCUT2D eigenvalue weighted by Gasteiger charge is 2.17. The van der Waals surface area contributed by atoms with Crippen LogP contribution in [0.5, 0.6) is 0 Å². The van der Waals surface area contributed by atoms with Gasteiger partial charge < -0.3 is 0 Å². The zero-order chi connectivity index (χ0) is 9.97. The summed E-state index contributed by atoms with van der Waals surface area (Å²) in [5.74, 6) is 0. The lowest BCUT2D eigenvalue weighted by molar-refractivity contribution is 0.111. The lowest BCUT2D eigenvalue weighted by Gasteiger charge is -2.23. The Hall–Kier alpha value is -1.12. The van der Waals surface area contributed by atoms with Crippen molar-refractivity contribution < 1.29 is 4.79 Å². The third-order valence-corrected chi connectivity index (χ3v) is 2.98. The molecule has 0 N–H and O–H groups in total. The number of nitrogens with zero attached hydrogens (tertiary/aromatic N) is 2. The maximum atomic E-state index is 10.6. The van der Waals surface area contributed by atoms with Crippen molar-refractivity contribution in [3.63, 3.8) is 0 Å². The van der Waals surface area contributed by atoms with Gasteiger partial charge in [-0.2, -0.15) is 5.10 Å². The standard InChI is InChI=1S/C11H16N2O/c1-9-7-10(8-14)12-13(9)11-5-3-2-4-6-11/h7-8,11H,2-6H2,1H3. The van der Waals surface area contributed by atoms with Crippen molar-refractivity contribution in [2.24, 2.45) is 0 Å². The second kappa shape index (κ2) is 3.95. The molecular weight excluding hydrogens is 176 g/mol. The maximum Gasteiger partial charge on any atom is 0.170 e. The number of aldehydes is 1. The first-order valence-corrected chi connectivity index (χ1v) is 5.32. The molecule has 0 unspecified atom stereocenters. The average molecular weight is 192 g/mol. The first-order valence-electron chi connectivity index (χ1n) is 5.32. The lowest BCUT2D eigenvalue weighted by atomic mass is 9.95. The van der Waals surface area contributed by atoms with E-state index in [9.17, 15) is 4.79 Å². The van der Waals surface area contributed by atoms with Gasteiger partial charge in [0.1, 0.15) is 5.69 Å². The van der Waals surface area contributed by atoms with E-state index in [1.165, 1.54) is 32.1 Å². The molecule has 1 aromatic rings. The predicted molar refractivity (Wildman–Crippen MR) is 54.5 cm³/mol. The van der Waals surface area contributed by atoms with Crippen LogP contribution in [0.15, 0.2) is 6.07 Å². The number of hydrogen-bond donors (Lipinski definition) is 0. The number of hydrogen-bond acceptors (Lipinski definition) is 2. The highest BCUT2D eigenvalue weighted by atomic mass is 16.1. The van der Waals surface area contributed by atoms with Crippen LogP contribution >= 0.6 is 0 Å². The first kappa shape index (κ1) is 9.44.